The van der Waals surface area contributed by atoms with Crippen LogP contribution >= 0.6 is 11.6 Å². The Hall–Kier alpha value is -5.68. The van der Waals surface area contributed by atoms with Crippen LogP contribution in [0.2, 0.25) is 5.02 Å². The van der Waals surface area contributed by atoms with Gasteiger partial charge in [0.1, 0.15) is 17.4 Å². The quantitative estimate of drug-likeness (QED) is 0.123. The van der Waals surface area contributed by atoms with E-state index < -0.39 is 17.8 Å². The number of likely N-dealkylation sites (tertiary alicyclic amines) is 1. The van der Waals surface area contributed by atoms with Crippen molar-refractivity contribution in [1.82, 2.24) is 30.0 Å². The number of benzene rings is 3. The van der Waals surface area contributed by atoms with E-state index in [2.05, 4.69) is 30.4 Å². The molecule has 374 valence electrons. The number of urea groups is 1. The first-order valence-electron chi connectivity index (χ1n) is 24.8. The molecular formula is C52H63ClF3N9O5. The molecule has 4 N–H and O–H groups in total. The number of carbonyl (C=O) groups is 4. The molecule has 4 heterocycles. The van der Waals surface area contributed by atoms with Crippen LogP contribution in [0.1, 0.15) is 116 Å². The number of nitrogens with two attached hydrogens (primary N) is 1. The third kappa shape index (κ3) is 10.9. The minimum Gasteiger partial charge on any atom is -0.496 e. The Morgan fingerprint density at radius 1 is 0.886 bits per heavy atom. The molecule has 5 amide bonds. The minimum atomic E-state index is -4.51. The third-order valence-corrected chi connectivity index (χ3v) is 16.1. The van der Waals surface area contributed by atoms with Crippen LogP contribution in [0.25, 0.3) is 10.9 Å². The summed E-state index contributed by atoms with van der Waals surface area (Å²) in [7, 11) is 1.64. The number of fused-ring (bicyclic) bond motifs is 1. The molecule has 2 aliphatic carbocycles. The lowest BCUT2D eigenvalue weighted by molar-refractivity contribution is -0.139. The summed E-state index contributed by atoms with van der Waals surface area (Å²) in [6.07, 6.45) is 6.77. The number of piperazine rings is 1. The molecule has 0 radical (unpaired) electrons. The summed E-state index contributed by atoms with van der Waals surface area (Å²) in [5.41, 5.74) is 8.32. The van der Waals surface area contributed by atoms with Crippen LogP contribution < -0.4 is 26.0 Å². The number of nitrogens with one attached hydrogen (secondary N) is 2. The van der Waals surface area contributed by atoms with Crippen molar-refractivity contribution in [2.45, 2.75) is 103 Å². The van der Waals surface area contributed by atoms with Gasteiger partial charge in [-0.25, -0.2) is 14.8 Å². The molecule has 4 aromatic rings. The summed E-state index contributed by atoms with van der Waals surface area (Å²) in [5.74, 6) is 2.43. The average molecular weight is 987 g/mol. The lowest BCUT2D eigenvalue weighted by atomic mass is 9.65. The first kappa shape index (κ1) is 49.3. The number of methoxy groups -OCH3 is 1. The Morgan fingerprint density at radius 3 is 2.30 bits per heavy atom. The molecule has 0 atom stereocenters. The van der Waals surface area contributed by atoms with E-state index in [-0.39, 0.29) is 60.2 Å². The zero-order valence-corrected chi connectivity index (χ0v) is 40.8. The molecular weight excluding hydrogens is 923 g/mol. The van der Waals surface area contributed by atoms with E-state index in [0.29, 0.717) is 58.0 Å². The molecule has 1 aromatic heterocycles. The number of imide groups is 1. The number of alkyl halides is 3. The number of anilines is 3. The van der Waals surface area contributed by atoms with Crippen LogP contribution in [-0.4, -0.2) is 108 Å². The fourth-order valence-electron chi connectivity index (χ4n) is 11.6. The Bertz CT molecular complexity index is 2620. The predicted molar refractivity (Wildman–Crippen MR) is 263 cm³/mol. The SMILES string of the molecule is COc1cc2nc(C)nc(NCc3cc(N)cc(C(F)(F)F)c3)c2cc1C1CCC(C(=O)N2CCN(CCC3CCC4(CC3)CCN(C(=O)c3ccc(Cl)c(N5CCC(=O)NC5=O)c3)CC4)CC2)CC1. The van der Waals surface area contributed by atoms with E-state index in [4.69, 9.17) is 22.1 Å². The number of nitrogens with zero attached hydrogens (tertiary/aromatic N) is 6. The normalized spacial score (nSPS) is 21.5. The number of hydrogen-bond donors (Lipinski definition) is 3. The second-order valence-corrected chi connectivity index (χ2v) is 20.6. The highest BCUT2D eigenvalue weighted by Crippen LogP contribution is 2.48. The summed E-state index contributed by atoms with van der Waals surface area (Å²) in [4.78, 5) is 68.9. The first-order valence-corrected chi connectivity index (χ1v) is 25.2. The topological polar surface area (TPSA) is 166 Å². The van der Waals surface area contributed by atoms with E-state index in [0.717, 1.165) is 107 Å². The zero-order valence-electron chi connectivity index (χ0n) is 40.0. The number of amides is 5. The highest BCUT2D eigenvalue weighted by molar-refractivity contribution is 6.34. The van der Waals surface area contributed by atoms with Gasteiger partial charge in [0, 0.05) is 87.4 Å². The molecule has 3 aromatic carbocycles. The van der Waals surface area contributed by atoms with Crippen LogP contribution in [-0.2, 0) is 22.3 Å². The molecule has 0 unspecified atom stereocenters. The molecule has 5 fully saturated rings. The molecule has 5 aliphatic rings. The van der Waals surface area contributed by atoms with E-state index in [1.165, 1.54) is 36.6 Å². The number of aromatic nitrogens is 2. The molecule has 9 rings (SSSR count). The van der Waals surface area contributed by atoms with Crippen LogP contribution in [0.3, 0.4) is 0 Å². The Balaban J connectivity index is 0.712. The average Bonchev–Trinajstić information content (AvgIpc) is 3.35. The number of hydrogen-bond acceptors (Lipinski definition) is 10. The number of ether oxygens (including phenoxy) is 1. The van der Waals surface area contributed by atoms with Gasteiger partial charge in [-0.15, -0.1) is 0 Å². The van der Waals surface area contributed by atoms with Gasteiger partial charge in [-0.2, -0.15) is 13.2 Å². The molecule has 1 spiro atoms. The number of rotatable bonds is 11. The number of carbonyl (C=O) groups excluding carboxylic acids is 4. The van der Waals surface area contributed by atoms with Crippen molar-refractivity contribution in [2.75, 3.05) is 75.4 Å². The Morgan fingerprint density at radius 2 is 1.61 bits per heavy atom. The summed E-state index contributed by atoms with van der Waals surface area (Å²) in [5, 5.41) is 6.66. The Kier molecular flexibility index (Phi) is 14.5. The maximum Gasteiger partial charge on any atom is 0.416 e. The monoisotopic (exact) mass is 985 g/mol. The van der Waals surface area contributed by atoms with Crippen LogP contribution in [0.15, 0.2) is 48.5 Å². The third-order valence-electron chi connectivity index (χ3n) is 15.8. The fourth-order valence-corrected chi connectivity index (χ4v) is 11.9. The van der Waals surface area contributed by atoms with Gasteiger partial charge >= 0.3 is 12.2 Å². The fraction of sp³-hybridized carbons (Fsp3) is 0.538. The van der Waals surface area contributed by atoms with Gasteiger partial charge in [0.15, 0.2) is 0 Å². The number of halogens is 4. The predicted octanol–water partition coefficient (Wildman–Crippen LogP) is 9.18. The Labute approximate surface area is 411 Å². The highest BCUT2D eigenvalue weighted by Gasteiger charge is 2.40. The zero-order chi connectivity index (χ0) is 49.3. The van der Waals surface area contributed by atoms with Gasteiger partial charge in [0.25, 0.3) is 5.91 Å². The second kappa shape index (κ2) is 20.6. The van der Waals surface area contributed by atoms with E-state index in [1.807, 2.05) is 17.0 Å². The van der Waals surface area contributed by atoms with Crippen molar-refractivity contribution in [2.24, 2.45) is 17.3 Å². The molecule has 3 saturated heterocycles. The van der Waals surface area contributed by atoms with Crippen molar-refractivity contribution >= 4 is 63.4 Å². The maximum absolute atomic E-state index is 13.9. The van der Waals surface area contributed by atoms with Gasteiger partial charge in [-0.05, 0) is 155 Å². The standard InChI is InChI=1S/C52H63ClF3N9O5/c1-32-59-43-30-45(70-2)40(29-41(43)47(60-32)58-31-34-25-38(52(54,55)56)28-39(57)26-34)35-3-5-36(6-4-35)48(67)64-23-21-62(22-24-64)17-11-33-9-13-51(14-10-33)15-19-63(20-16-51)49(68)37-7-8-42(53)44(27-37)65-18-12-46(66)61-50(65)69/h7-8,25-30,33,35-36H,3-6,9-24,31,57H2,1-2H3,(H,58,59,60)(H,61,66,69). The van der Waals surface area contributed by atoms with Crippen LogP contribution in [0, 0.1) is 24.2 Å². The minimum absolute atomic E-state index is 0.0228. The van der Waals surface area contributed by atoms with Crippen molar-refractivity contribution in [3.05, 3.63) is 81.6 Å². The van der Waals surface area contributed by atoms with Crippen molar-refractivity contribution in [3.63, 3.8) is 0 Å². The van der Waals surface area contributed by atoms with E-state index >= 15 is 0 Å². The smallest absolute Gasteiger partial charge is 0.416 e. The molecule has 3 aliphatic heterocycles. The van der Waals surface area contributed by atoms with Gasteiger partial charge in [0.2, 0.25) is 11.8 Å². The van der Waals surface area contributed by atoms with Gasteiger partial charge < -0.3 is 25.6 Å². The molecule has 70 heavy (non-hydrogen) atoms. The van der Waals surface area contributed by atoms with Crippen LogP contribution in [0.4, 0.5) is 35.2 Å². The molecule has 0 bridgehead atoms. The summed E-state index contributed by atoms with van der Waals surface area (Å²) in [6.45, 7) is 7.77. The summed E-state index contributed by atoms with van der Waals surface area (Å²) in [6, 6.07) is 12.0. The maximum atomic E-state index is 13.9. The van der Waals surface area contributed by atoms with Gasteiger partial charge in [-0.3, -0.25) is 29.5 Å². The lowest BCUT2D eigenvalue weighted by Gasteiger charge is -2.46. The number of nitrogen functional groups attached to an aromatic ring is 1. The highest BCUT2D eigenvalue weighted by atomic mass is 35.5. The van der Waals surface area contributed by atoms with Crippen molar-refractivity contribution in [3.8, 4) is 5.75 Å². The molecule has 18 heteroatoms. The van der Waals surface area contributed by atoms with Gasteiger partial charge in [-0.1, -0.05) is 11.6 Å². The summed E-state index contributed by atoms with van der Waals surface area (Å²) >= 11 is 6.44. The van der Waals surface area contributed by atoms with Gasteiger partial charge in [0.05, 0.1) is 28.9 Å². The molecule has 14 nitrogen and oxygen atoms in total. The summed E-state index contributed by atoms with van der Waals surface area (Å²) < 4.78 is 46.4. The van der Waals surface area contributed by atoms with E-state index in [1.54, 1.807) is 32.2 Å². The lowest BCUT2D eigenvalue weighted by Crippen LogP contribution is -2.51. The first-order chi connectivity index (χ1) is 33.5. The number of piperidine rings is 1. The van der Waals surface area contributed by atoms with Crippen molar-refractivity contribution in [1.29, 1.82) is 0 Å². The number of aryl methyl sites for hydroxylation is 1. The molecule has 2 saturated carbocycles. The largest absolute Gasteiger partial charge is 0.496 e. The second-order valence-electron chi connectivity index (χ2n) is 20.2. The van der Waals surface area contributed by atoms with Crippen LogP contribution in [0.5, 0.6) is 5.75 Å². The van der Waals surface area contributed by atoms with E-state index in [9.17, 15) is 32.3 Å². The van der Waals surface area contributed by atoms with Crippen molar-refractivity contribution < 1.29 is 37.1 Å².